The second-order valence-electron chi connectivity index (χ2n) is 5.66. The highest BCUT2D eigenvalue weighted by Crippen LogP contribution is 2.25. The fourth-order valence-corrected chi connectivity index (χ4v) is 2.44. The van der Waals surface area contributed by atoms with Gasteiger partial charge in [0.05, 0.1) is 7.11 Å². The minimum atomic E-state index is -0.324. The second kappa shape index (κ2) is 7.33. The Hall–Kier alpha value is -3.61. The zero-order valence-electron chi connectivity index (χ0n) is 14.4. The quantitative estimate of drug-likeness (QED) is 0.492. The number of nitrogens with zero attached hydrogens (tertiary/aromatic N) is 2. The van der Waals surface area contributed by atoms with E-state index in [2.05, 4.69) is 10.1 Å². The average Bonchev–Trinajstić information content (AvgIpc) is 3.37. The van der Waals surface area contributed by atoms with Gasteiger partial charge >= 0.3 is 0 Å². The fraction of sp³-hybridized carbons (Fsp3) is 0.100. The summed E-state index contributed by atoms with van der Waals surface area (Å²) in [6, 6.07) is 16.6. The maximum Gasteiger partial charge on any atom is 0.293 e. The molecule has 0 aliphatic heterocycles. The van der Waals surface area contributed by atoms with Crippen molar-refractivity contribution in [1.29, 1.82) is 0 Å². The number of methoxy groups -OCH3 is 1. The molecule has 0 unspecified atom stereocenters. The Balaban J connectivity index is 1.43. The lowest BCUT2D eigenvalue weighted by atomic mass is 10.2. The number of hydrogen-bond acceptors (Lipinski definition) is 6. The van der Waals surface area contributed by atoms with Crippen molar-refractivity contribution in [1.82, 2.24) is 10.1 Å². The maximum atomic E-state index is 13.0. The lowest BCUT2D eigenvalue weighted by molar-refractivity contribution is 0.270. The molecule has 6 nitrogen and oxygen atoms in total. The van der Waals surface area contributed by atoms with Crippen LogP contribution in [0, 0.1) is 5.82 Å². The molecular weight excluding hydrogens is 351 g/mol. The summed E-state index contributed by atoms with van der Waals surface area (Å²) in [5.74, 6) is 2.78. The zero-order chi connectivity index (χ0) is 18.6. The fourth-order valence-electron chi connectivity index (χ4n) is 2.44. The summed E-state index contributed by atoms with van der Waals surface area (Å²) in [6.45, 7) is 0.255. The first-order chi connectivity index (χ1) is 13.2. The smallest absolute Gasteiger partial charge is 0.293 e. The Morgan fingerprint density at radius 3 is 2.41 bits per heavy atom. The monoisotopic (exact) mass is 366 g/mol. The van der Waals surface area contributed by atoms with Crippen molar-refractivity contribution in [2.24, 2.45) is 0 Å². The van der Waals surface area contributed by atoms with Gasteiger partial charge in [0.1, 0.15) is 29.7 Å². The summed E-state index contributed by atoms with van der Waals surface area (Å²) in [4.78, 5) is 4.28. The molecule has 0 amide bonds. The van der Waals surface area contributed by atoms with Gasteiger partial charge in [-0.05, 0) is 60.7 Å². The van der Waals surface area contributed by atoms with E-state index in [1.807, 2.05) is 24.3 Å². The van der Waals surface area contributed by atoms with E-state index in [4.69, 9.17) is 18.4 Å². The Morgan fingerprint density at radius 1 is 0.926 bits per heavy atom. The van der Waals surface area contributed by atoms with Crippen LogP contribution in [0.25, 0.3) is 23.0 Å². The van der Waals surface area contributed by atoms with Crippen molar-refractivity contribution in [3.63, 3.8) is 0 Å². The third-order valence-corrected chi connectivity index (χ3v) is 3.84. The summed E-state index contributed by atoms with van der Waals surface area (Å²) in [5, 5.41) is 3.90. The summed E-state index contributed by atoms with van der Waals surface area (Å²) in [6.07, 6.45) is 0. The average molecular weight is 366 g/mol. The van der Waals surface area contributed by atoms with Gasteiger partial charge in [0.2, 0.25) is 5.82 Å². The van der Waals surface area contributed by atoms with E-state index in [9.17, 15) is 4.39 Å². The molecule has 4 aromatic rings. The van der Waals surface area contributed by atoms with Gasteiger partial charge in [-0.25, -0.2) is 4.39 Å². The van der Waals surface area contributed by atoms with Crippen LogP contribution < -0.4 is 9.47 Å². The third kappa shape index (κ3) is 3.82. The van der Waals surface area contributed by atoms with Crippen LogP contribution in [-0.4, -0.2) is 17.3 Å². The molecule has 27 heavy (non-hydrogen) atoms. The summed E-state index contributed by atoms with van der Waals surface area (Å²) in [5.41, 5.74) is 0.654. The van der Waals surface area contributed by atoms with Gasteiger partial charge in [-0.1, -0.05) is 5.16 Å². The summed E-state index contributed by atoms with van der Waals surface area (Å²) >= 11 is 0. The van der Waals surface area contributed by atoms with E-state index in [0.29, 0.717) is 28.7 Å². The van der Waals surface area contributed by atoms with Crippen molar-refractivity contribution in [3.8, 4) is 34.5 Å². The molecule has 0 spiro atoms. The Labute approximate surface area is 154 Å². The minimum Gasteiger partial charge on any atom is -0.497 e. The summed E-state index contributed by atoms with van der Waals surface area (Å²) < 4.78 is 34.7. The molecule has 2 aromatic heterocycles. The van der Waals surface area contributed by atoms with E-state index in [1.54, 1.807) is 31.4 Å². The van der Waals surface area contributed by atoms with E-state index in [0.717, 1.165) is 5.75 Å². The number of hydrogen-bond donors (Lipinski definition) is 0. The van der Waals surface area contributed by atoms with Crippen LogP contribution in [0.4, 0.5) is 4.39 Å². The molecule has 2 heterocycles. The topological polar surface area (TPSA) is 70.5 Å². The molecule has 0 aliphatic rings. The molecule has 0 N–H and O–H groups in total. The first-order valence-corrected chi connectivity index (χ1v) is 8.17. The highest BCUT2D eigenvalue weighted by atomic mass is 19.1. The molecule has 0 saturated carbocycles. The third-order valence-electron chi connectivity index (χ3n) is 3.84. The van der Waals surface area contributed by atoms with Crippen LogP contribution in [0.2, 0.25) is 0 Å². The van der Waals surface area contributed by atoms with Gasteiger partial charge in [0.15, 0.2) is 5.76 Å². The predicted octanol–water partition coefficient (Wildman–Crippen LogP) is 4.72. The number of rotatable bonds is 6. The van der Waals surface area contributed by atoms with Crippen molar-refractivity contribution < 1.29 is 22.8 Å². The van der Waals surface area contributed by atoms with Crippen molar-refractivity contribution in [2.45, 2.75) is 6.61 Å². The van der Waals surface area contributed by atoms with Crippen LogP contribution in [-0.2, 0) is 6.61 Å². The van der Waals surface area contributed by atoms with Crippen LogP contribution in [0.3, 0.4) is 0 Å². The van der Waals surface area contributed by atoms with Gasteiger partial charge in [-0.3, -0.25) is 0 Å². The predicted molar refractivity (Wildman–Crippen MR) is 94.7 cm³/mol. The van der Waals surface area contributed by atoms with Gasteiger partial charge in [0, 0.05) is 5.56 Å². The first kappa shape index (κ1) is 16.8. The second-order valence-corrected chi connectivity index (χ2v) is 5.66. The molecule has 4 rings (SSSR count). The lowest BCUT2D eigenvalue weighted by Gasteiger charge is -2.05. The molecule has 0 radical (unpaired) electrons. The molecule has 0 saturated heterocycles. The van der Waals surface area contributed by atoms with E-state index >= 15 is 0 Å². The minimum absolute atomic E-state index is 0.241. The standard InChI is InChI=1S/C20H15FN2O4/c1-24-15-6-8-16(9-7-15)25-12-17-10-11-18(26-17)20-22-19(23-27-20)13-2-4-14(21)5-3-13/h2-11H,12H2,1H3. The molecule has 0 bridgehead atoms. The van der Waals surface area contributed by atoms with Crippen LogP contribution in [0.1, 0.15) is 5.76 Å². The zero-order valence-corrected chi connectivity index (χ0v) is 14.4. The van der Waals surface area contributed by atoms with Gasteiger partial charge < -0.3 is 18.4 Å². The number of furan rings is 1. The molecule has 0 fully saturated rings. The van der Waals surface area contributed by atoms with Crippen LogP contribution in [0.15, 0.2) is 69.6 Å². The van der Waals surface area contributed by atoms with Crippen LogP contribution >= 0.6 is 0 Å². The van der Waals surface area contributed by atoms with Crippen molar-refractivity contribution >= 4 is 0 Å². The summed E-state index contributed by atoms with van der Waals surface area (Å²) in [7, 11) is 1.61. The molecular formula is C20H15FN2O4. The molecule has 0 aliphatic carbocycles. The number of aromatic nitrogens is 2. The Morgan fingerprint density at radius 2 is 1.67 bits per heavy atom. The van der Waals surface area contributed by atoms with E-state index in [1.165, 1.54) is 12.1 Å². The largest absolute Gasteiger partial charge is 0.497 e. The van der Waals surface area contributed by atoms with Crippen molar-refractivity contribution in [2.75, 3.05) is 7.11 Å². The number of benzene rings is 2. The molecule has 2 aromatic carbocycles. The maximum absolute atomic E-state index is 13.0. The van der Waals surface area contributed by atoms with Crippen LogP contribution in [0.5, 0.6) is 11.5 Å². The number of ether oxygens (including phenoxy) is 2. The Bertz CT molecular complexity index is 1020. The van der Waals surface area contributed by atoms with E-state index < -0.39 is 0 Å². The molecule has 0 atom stereocenters. The normalized spacial score (nSPS) is 10.7. The van der Waals surface area contributed by atoms with Gasteiger partial charge in [0.25, 0.3) is 5.89 Å². The highest BCUT2D eigenvalue weighted by molar-refractivity contribution is 5.57. The number of halogens is 1. The highest BCUT2D eigenvalue weighted by Gasteiger charge is 2.14. The SMILES string of the molecule is COc1ccc(OCc2ccc(-c3nc(-c4ccc(F)cc4)no3)o2)cc1. The lowest BCUT2D eigenvalue weighted by Crippen LogP contribution is -1.93. The Kier molecular flexibility index (Phi) is 4.57. The molecule has 7 heteroatoms. The van der Waals surface area contributed by atoms with Crippen molar-refractivity contribution in [3.05, 3.63) is 72.2 Å². The van der Waals surface area contributed by atoms with Gasteiger partial charge in [-0.15, -0.1) is 0 Å². The van der Waals surface area contributed by atoms with E-state index in [-0.39, 0.29) is 18.3 Å². The first-order valence-electron chi connectivity index (χ1n) is 8.17. The van der Waals surface area contributed by atoms with Gasteiger partial charge in [-0.2, -0.15) is 4.98 Å². The molecule has 136 valence electrons.